The molecule has 0 spiro atoms. The van der Waals surface area contributed by atoms with Crippen molar-refractivity contribution < 1.29 is 4.79 Å². The predicted octanol–water partition coefficient (Wildman–Crippen LogP) is 3.35. The number of hydrogen-bond acceptors (Lipinski definition) is 6. The van der Waals surface area contributed by atoms with E-state index >= 15 is 0 Å². The fourth-order valence-corrected chi connectivity index (χ4v) is 5.81. The van der Waals surface area contributed by atoms with E-state index in [1.165, 1.54) is 6.42 Å². The van der Waals surface area contributed by atoms with Crippen molar-refractivity contribution in [3.05, 3.63) is 54.1 Å². The molecule has 0 aromatic carbocycles. The topological polar surface area (TPSA) is 107 Å². The second-order valence-corrected chi connectivity index (χ2v) is 9.73. The van der Waals surface area contributed by atoms with Gasteiger partial charge in [-0.3, -0.25) is 15.2 Å². The van der Waals surface area contributed by atoms with Crippen molar-refractivity contribution in [2.45, 2.75) is 56.7 Å². The van der Waals surface area contributed by atoms with Crippen LogP contribution in [0.4, 0.5) is 5.69 Å². The van der Waals surface area contributed by atoms with E-state index in [0.717, 1.165) is 66.6 Å². The van der Waals surface area contributed by atoms with Crippen molar-refractivity contribution >= 4 is 22.6 Å². The van der Waals surface area contributed by atoms with E-state index in [1.807, 2.05) is 18.5 Å². The van der Waals surface area contributed by atoms with Crippen LogP contribution in [-0.2, 0) is 4.79 Å². The molecule has 172 valence electrons. The number of anilines is 1. The number of piperidine rings is 1. The lowest BCUT2D eigenvalue weighted by atomic mass is 9.81. The van der Waals surface area contributed by atoms with Crippen molar-refractivity contribution in [2.24, 2.45) is 11.8 Å². The van der Waals surface area contributed by atoms with Crippen LogP contribution >= 0.6 is 0 Å². The summed E-state index contributed by atoms with van der Waals surface area (Å²) in [6.45, 7) is 0.871. The first kappa shape index (κ1) is 20.8. The molecule has 2 aliphatic heterocycles. The van der Waals surface area contributed by atoms with Gasteiger partial charge in [0.25, 0.3) is 0 Å². The fourth-order valence-electron chi connectivity index (χ4n) is 5.81. The van der Waals surface area contributed by atoms with Crippen molar-refractivity contribution in [1.29, 1.82) is 0 Å². The zero-order chi connectivity index (χ0) is 22.2. The molecule has 0 radical (unpaired) electrons. The molecule has 3 fully saturated rings. The summed E-state index contributed by atoms with van der Waals surface area (Å²) in [6.07, 6.45) is 12.0. The SMILES string of the molecule is O=C(Nc1cncc(C2CC3C(CN2)NNC3c2cc3cccnc3[nH]2)c1)C1CCCCC1. The lowest BCUT2D eigenvalue weighted by Gasteiger charge is -2.34. The minimum Gasteiger partial charge on any atom is -0.342 e. The highest BCUT2D eigenvalue weighted by atomic mass is 16.1. The van der Waals surface area contributed by atoms with Gasteiger partial charge < -0.3 is 15.6 Å². The first-order valence-electron chi connectivity index (χ1n) is 12.2. The van der Waals surface area contributed by atoms with Crippen molar-refractivity contribution in [3.8, 4) is 0 Å². The Labute approximate surface area is 193 Å². The summed E-state index contributed by atoms with van der Waals surface area (Å²) >= 11 is 0. The van der Waals surface area contributed by atoms with Crippen LogP contribution in [0.2, 0.25) is 0 Å². The van der Waals surface area contributed by atoms with E-state index in [1.54, 1.807) is 6.20 Å². The number of aromatic amines is 1. The van der Waals surface area contributed by atoms with Crippen LogP contribution in [-0.4, -0.2) is 33.4 Å². The number of hydrogen-bond donors (Lipinski definition) is 5. The third kappa shape index (κ3) is 4.14. The summed E-state index contributed by atoms with van der Waals surface area (Å²) in [5, 5.41) is 7.93. The molecule has 3 aromatic rings. The molecular weight excluding hydrogens is 414 g/mol. The average molecular weight is 446 g/mol. The molecule has 2 saturated heterocycles. The van der Waals surface area contributed by atoms with Gasteiger partial charge in [0.2, 0.25) is 5.91 Å². The molecule has 5 N–H and O–H groups in total. The Morgan fingerprint density at radius 3 is 2.88 bits per heavy atom. The molecule has 1 saturated carbocycles. The van der Waals surface area contributed by atoms with Gasteiger partial charge in [-0.05, 0) is 49.1 Å². The maximum Gasteiger partial charge on any atom is 0.227 e. The molecule has 1 aliphatic carbocycles. The summed E-state index contributed by atoms with van der Waals surface area (Å²) < 4.78 is 0. The second kappa shape index (κ2) is 8.85. The number of rotatable bonds is 4. The molecule has 5 heterocycles. The zero-order valence-corrected chi connectivity index (χ0v) is 18.7. The van der Waals surface area contributed by atoms with Crippen LogP contribution in [0, 0.1) is 11.8 Å². The first-order valence-corrected chi connectivity index (χ1v) is 12.2. The Balaban J connectivity index is 1.17. The molecular formula is C25H31N7O. The Hall–Kier alpha value is -2.81. The van der Waals surface area contributed by atoms with Gasteiger partial charge in [-0.25, -0.2) is 10.4 Å². The number of hydrazine groups is 1. The second-order valence-electron chi connectivity index (χ2n) is 9.73. The molecule has 1 amide bonds. The molecule has 8 heteroatoms. The van der Waals surface area contributed by atoms with E-state index in [-0.39, 0.29) is 23.9 Å². The first-order chi connectivity index (χ1) is 16.2. The Kier molecular flexibility index (Phi) is 5.57. The monoisotopic (exact) mass is 445 g/mol. The van der Waals surface area contributed by atoms with Crippen LogP contribution in [0.5, 0.6) is 0 Å². The number of nitrogens with one attached hydrogen (secondary N) is 5. The molecule has 33 heavy (non-hydrogen) atoms. The quantitative estimate of drug-likeness (QED) is 0.422. The van der Waals surface area contributed by atoms with Gasteiger partial charge in [0.05, 0.1) is 17.9 Å². The molecule has 0 bridgehead atoms. The van der Waals surface area contributed by atoms with E-state index < -0.39 is 0 Å². The third-order valence-electron chi connectivity index (χ3n) is 7.61. The summed E-state index contributed by atoms with van der Waals surface area (Å²) in [7, 11) is 0. The molecule has 3 aliphatic rings. The van der Waals surface area contributed by atoms with E-state index in [9.17, 15) is 4.79 Å². The minimum atomic E-state index is 0.137. The molecule has 4 atom stereocenters. The summed E-state index contributed by atoms with van der Waals surface area (Å²) in [5.74, 6) is 0.699. The number of aromatic nitrogens is 3. The van der Waals surface area contributed by atoms with Crippen molar-refractivity contribution in [2.75, 3.05) is 11.9 Å². The Bertz CT molecular complexity index is 1110. The van der Waals surface area contributed by atoms with Gasteiger partial charge in [0, 0.05) is 53.9 Å². The standard InChI is InChI=1S/C25H31N7O/c33-25(15-5-2-1-3-6-15)29-18-9-17(12-26-13-18)20-11-19-22(14-28-20)31-32-23(19)21-10-16-7-4-8-27-24(16)30-21/h4,7-10,12-13,15,19-20,22-23,28,31-32H,1-3,5-6,11,14H2,(H,27,30)(H,29,33). The maximum atomic E-state index is 12.7. The molecule has 8 nitrogen and oxygen atoms in total. The lowest BCUT2D eigenvalue weighted by Crippen LogP contribution is -2.46. The van der Waals surface area contributed by atoms with Crippen LogP contribution < -0.4 is 21.5 Å². The number of H-pyrrole nitrogens is 1. The van der Waals surface area contributed by atoms with Gasteiger partial charge in [-0.15, -0.1) is 0 Å². The minimum absolute atomic E-state index is 0.137. The van der Waals surface area contributed by atoms with Crippen LogP contribution in [0.1, 0.15) is 61.9 Å². The number of nitrogens with zero attached hydrogens (tertiary/aromatic N) is 2. The number of pyridine rings is 2. The Morgan fingerprint density at radius 1 is 1.09 bits per heavy atom. The van der Waals surface area contributed by atoms with E-state index in [0.29, 0.717) is 12.0 Å². The highest BCUT2D eigenvalue weighted by molar-refractivity contribution is 5.92. The number of carbonyl (C=O) groups excluding carboxylic acids is 1. The molecule has 3 aromatic heterocycles. The predicted molar refractivity (Wildman–Crippen MR) is 127 cm³/mol. The van der Waals surface area contributed by atoms with Crippen molar-refractivity contribution in [3.63, 3.8) is 0 Å². The third-order valence-corrected chi connectivity index (χ3v) is 7.61. The Morgan fingerprint density at radius 2 is 2.00 bits per heavy atom. The molecule has 6 rings (SSSR count). The van der Waals surface area contributed by atoms with E-state index in [4.69, 9.17) is 0 Å². The highest BCUT2D eigenvalue weighted by Gasteiger charge is 2.42. The number of carbonyl (C=O) groups is 1. The smallest absolute Gasteiger partial charge is 0.227 e. The van der Waals surface area contributed by atoms with Gasteiger partial charge >= 0.3 is 0 Å². The average Bonchev–Trinajstić information content (AvgIpc) is 3.48. The number of amides is 1. The fraction of sp³-hybridized carbons (Fsp3) is 0.480. The normalized spacial score (nSPS) is 28.0. The molecule has 4 unspecified atom stereocenters. The maximum absolute atomic E-state index is 12.7. The van der Waals surface area contributed by atoms with Gasteiger partial charge in [0.1, 0.15) is 5.65 Å². The van der Waals surface area contributed by atoms with Crippen LogP contribution in [0.15, 0.2) is 42.9 Å². The largest absolute Gasteiger partial charge is 0.342 e. The van der Waals surface area contributed by atoms with Gasteiger partial charge in [-0.1, -0.05) is 19.3 Å². The van der Waals surface area contributed by atoms with Crippen LogP contribution in [0.25, 0.3) is 11.0 Å². The van der Waals surface area contributed by atoms with Gasteiger partial charge in [0.15, 0.2) is 0 Å². The lowest BCUT2D eigenvalue weighted by molar-refractivity contribution is -0.120. The van der Waals surface area contributed by atoms with Crippen molar-refractivity contribution in [1.82, 2.24) is 31.1 Å². The van der Waals surface area contributed by atoms with Crippen LogP contribution in [0.3, 0.4) is 0 Å². The highest BCUT2D eigenvalue weighted by Crippen LogP contribution is 2.39. The summed E-state index contributed by atoms with van der Waals surface area (Å²) in [6, 6.07) is 9.08. The zero-order valence-electron chi connectivity index (χ0n) is 18.7. The van der Waals surface area contributed by atoms with E-state index in [2.05, 4.69) is 54.6 Å². The number of fused-ring (bicyclic) bond motifs is 2. The summed E-state index contributed by atoms with van der Waals surface area (Å²) in [5.41, 5.74) is 11.0. The summed E-state index contributed by atoms with van der Waals surface area (Å²) in [4.78, 5) is 25.1. The van der Waals surface area contributed by atoms with Gasteiger partial charge in [-0.2, -0.15) is 0 Å².